The highest BCUT2D eigenvalue weighted by molar-refractivity contribution is 9.10. The van der Waals surface area contributed by atoms with Crippen molar-refractivity contribution in [3.8, 4) is 5.75 Å². The van der Waals surface area contributed by atoms with Crippen molar-refractivity contribution in [2.24, 2.45) is 5.92 Å². The van der Waals surface area contributed by atoms with Crippen LogP contribution in [0, 0.1) is 5.92 Å². The van der Waals surface area contributed by atoms with E-state index in [0.29, 0.717) is 17.9 Å². The van der Waals surface area contributed by atoms with Crippen molar-refractivity contribution in [3.63, 3.8) is 0 Å². The lowest BCUT2D eigenvalue weighted by molar-refractivity contribution is 0.0891. The molecule has 0 saturated carbocycles. The first kappa shape index (κ1) is 12.6. The van der Waals surface area contributed by atoms with Crippen LogP contribution in [-0.4, -0.2) is 37.9 Å². The molecule has 0 N–H and O–H groups in total. The Labute approximate surface area is 110 Å². The topological polar surface area (TPSA) is 29.5 Å². The van der Waals surface area contributed by atoms with Crippen molar-refractivity contribution in [1.29, 1.82) is 0 Å². The maximum Gasteiger partial charge on any atom is 0.171 e. The second-order valence-electron chi connectivity index (χ2n) is 4.58. The summed E-state index contributed by atoms with van der Waals surface area (Å²) in [6, 6.07) is 5.62. The quantitative estimate of drug-likeness (QED) is 0.840. The summed E-state index contributed by atoms with van der Waals surface area (Å²) < 4.78 is 6.53. The number of nitrogens with zero attached hydrogens (tertiary/aromatic N) is 1. The predicted molar refractivity (Wildman–Crippen MR) is 70.6 cm³/mol. The highest BCUT2D eigenvalue weighted by Crippen LogP contribution is 2.33. The molecule has 2 rings (SSSR count). The zero-order valence-electron chi connectivity index (χ0n) is 10.1. The molecule has 92 valence electrons. The molecule has 1 aromatic carbocycles. The molecule has 0 bridgehead atoms. The molecule has 0 spiro atoms. The molecule has 17 heavy (non-hydrogen) atoms. The van der Waals surface area contributed by atoms with E-state index >= 15 is 0 Å². The first-order valence-corrected chi connectivity index (χ1v) is 6.49. The number of halogens is 1. The van der Waals surface area contributed by atoms with Crippen molar-refractivity contribution in [2.75, 3.05) is 27.2 Å². The van der Waals surface area contributed by atoms with E-state index in [4.69, 9.17) is 4.74 Å². The Kier molecular flexibility index (Phi) is 3.84. The van der Waals surface area contributed by atoms with Crippen LogP contribution in [0.4, 0.5) is 0 Å². The van der Waals surface area contributed by atoms with Crippen LogP contribution in [0.5, 0.6) is 5.75 Å². The molecule has 4 heteroatoms. The minimum atomic E-state index is 0.0283. The van der Waals surface area contributed by atoms with Crippen LogP contribution in [0.1, 0.15) is 16.8 Å². The van der Waals surface area contributed by atoms with Gasteiger partial charge in [0.25, 0.3) is 0 Å². The maximum atomic E-state index is 12.4. The second kappa shape index (κ2) is 5.19. The predicted octanol–water partition coefficient (Wildman–Crippen LogP) is 2.59. The first-order valence-electron chi connectivity index (χ1n) is 5.70. The van der Waals surface area contributed by atoms with E-state index in [0.717, 1.165) is 17.4 Å². The molecule has 1 unspecified atom stereocenters. The number of rotatable bonds is 2. The lowest BCUT2D eigenvalue weighted by Crippen LogP contribution is -2.27. The third kappa shape index (κ3) is 2.69. The molecular formula is C13H16BrNO2. The van der Waals surface area contributed by atoms with E-state index < -0.39 is 0 Å². The average molecular weight is 298 g/mol. The number of ether oxygens (including phenoxy) is 1. The van der Waals surface area contributed by atoms with Gasteiger partial charge >= 0.3 is 0 Å². The molecule has 3 nitrogen and oxygen atoms in total. The van der Waals surface area contributed by atoms with Gasteiger partial charge < -0.3 is 9.64 Å². The normalized spacial score (nSPS) is 19.8. The Morgan fingerprint density at radius 2 is 2.24 bits per heavy atom. The Balaban J connectivity index is 2.33. The summed E-state index contributed by atoms with van der Waals surface area (Å²) >= 11 is 3.43. The SMILES string of the molecule is CN(C)CC1CCOc2c(Br)cccc2C1=O. The van der Waals surface area contributed by atoms with Gasteiger partial charge in [-0.05, 0) is 48.6 Å². The summed E-state index contributed by atoms with van der Waals surface area (Å²) in [5.74, 6) is 0.909. The van der Waals surface area contributed by atoms with Gasteiger partial charge in [0, 0.05) is 12.5 Å². The number of hydrogen-bond acceptors (Lipinski definition) is 3. The van der Waals surface area contributed by atoms with Crippen LogP contribution in [-0.2, 0) is 0 Å². The summed E-state index contributed by atoms with van der Waals surface area (Å²) in [5, 5.41) is 0. The van der Waals surface area contributed by atoms with Crippen molar-refractivity contribution in [1.82, 2.24) is 4.90 Å². The molecular weight excluding hydrogens is 282 g/mol. The van der Waals surface area contributed by atoms with Crippen LogP contribution in [0.2, 0.25) is 0 Å². The molecule has 0 amide bonds. The number of para-hydroxylation sites is 1. The molecule has 1 aromatic rings. The summed E-state index contributed by atoms with van der Waals surface area (Å²) in [4.78, 5) is 14.4. The Morgan fingerprint density at radius 3 is 2.94 bits per heavy atom. The third-order valence-corrected chi connectivity index (χ3v) is 3.53. The van der Waals surface area contributed by atoms with Crippen molar-refractivity contribution in [2.45, 2.75) is 6.42 Å². The number of ketones is 1. The number of hydrogen-bond donors (Lipinski definition) is 0. The first-order chi connectivity index (χ1) is 8.09. The Hall–Kier alpha value is -0.870. The fourth-order valence-electron chi connectivity index (χ4n) is 2.12. The van der Waals surface area contributed by atoms with Gasteiger partial charge in [-0.3, -0.25) is 4.79 Å². The van der Waals surface area contributed by atoms with Gasteiger partial charge in [-0.2, -0.15) is 0 Å². The number of Topliss-reactive ketones (excluding diaryl/α,β-unsaturated/α-hetero) is 1. The van der Waals surface area contributed by atoms with E-state index in [1.54, 1.807) is 0 Å². The van der Waals surface area contributed by atoms with E-state index in [9.17, 15) is 4.79 Å². The fraction of sp³-hybridized carbons (Fsp3) is 0.462. The van der Waals surface area contributed by atoms with Crippen molar-refractivity contribution in [3.05, 3.63) is 28.2 Å². The third-order valence-electron chi connectivity index (χ3n) is 2.90. The maximum absolute atomic E-state index is 12.4. The van der Waals surface area contributed by atoms with Gasteiger partial charge in [0.05, 0.1) is 16.6 Å². The molecule has 1 heterocycles. The van der Waals surface area contributed by atoms with Crippen LogP contribution < -0.4 is 4.74 Å². The molecule has 0 radical (unpaired) electrons. The van der Waals surface area contributed by atoms with Gasteiger partial charge in [-0.15, -0.1) is 0 Å². The standard InChI is InChI=1S/C13H16BrNO2/c1-15(2)8-9-6-7-17-13-10(12(9)16)4-3-5-11(13)14/h3-5,9H,6-8H2,1-2H3. The van der Waals surface area contributed by atoms with Gasteiger partial charge in [0.1, 0.15) is 5.75 Å². The van der Waals surface area contributed by atoms with E-state index in [1.807, 2.05) is 37.2 Å². The minimum Gasteiger partial charge on any atom is -0.492 e. The summed E-state index contributed by atoms with van der Waals surface area (Å²) in [6.45, 7) is 1.37. The number of carbonyl (C=O) groups is 1. The summed E-state index contributed by atoms with van der Waals surface area (Å²) in [6.07, 6.45) is 0.776. The average Bonchev–Trinajstić information content (AvgIpc) is 2.41. The monoisotopic (exact) mass is 297 g/mol. The second-order valence-corrected chi connectivity index (χ2v) is 5.43. The van der Waals surface area contributed by atoms with E-state index in [2.05, 4.69) is 15.9 Å². The lowest BCUT2D eigenvalue weighted by Gasteiger charge is -2.17. The Morgan fingerprint density at radius 1 is 1.47 bits per heavy atom. The Bertz CT molecular complexity index is 431. The number of carbonyl (C=O) groups excluding carboxylic acids is 1. The van der Waals surface area contributed by atoms with Crippen LogP contribution >= 0.6 is 15.9 Å². The van der Waals surface area contributed by atoms with Gasteiger partial charge in [-0.25, -0.2) is 0 Å². The molecule has 0 aromatic heterocycles. The van der Waals surface area contributed by atoms with Crippen molar-refractivity contribution >= 4 is 21.7 Å². The fourth-order valence-corrected chi connectivity index (χ4v) is 2.60. The van der Waals surface area contributed by atoms with E-state index in [1.165, 1.54) is 0 Å². The van der Waals surface area contributed by atoms with Crippen LogP contribution in [0.25, 0.3) is 0 Å². The van der Waals surface area contributed by atoms with E-state index in [-0.39, 0.29) is 11.7 Å². The largest absolute Gasteiger partial charge is 0.492 e. The lowest BCUT2D eigenvalue weighted by atomic mass is 9.95. The van der Waals surface area contributed by atoms with Gasteiger partial charge in [0.15, 0.2) is 5.78 Å². The molecule has 0 fully saturated rings. The summed E-state index contributed by atoms with van der Waals surface area (Å²) in [7, 11) is 3.97. The molecule has 1 aliphatic heterocycles. The highest BCUT2D eigenvalue weighted by Gasteiger charge is 2.27. The molecule has 1 aliphatic rings. The number of benzene rings is 1. The van der Waals surface area contributed by atoms with Gasteiger partial charge in [-0.1, -0.05) is 6.07 Å². The molecule has 1 atom stereocenters. The minimum absolute atomic E-state index is 0.0283. The zero-order valence-corrected chi connectivity index (χ0v) is 11.7. The zero-order chi connectivity index (χ0) is 12.4. The van der Waals surface area contributed by atoms with Crippen molar-refractivity contribution < 1.29 is 9.53 Å². The highest BCUT2D eigenvalue weighted by atomic mass is 79.9. The van der Waals surface area contributed by atoms with Gasteiger partial charge in [0.2, 0.25) is 0 Å². The van der Waals surface area contributed by atoms with Crippen LogP contribution in [0.15, 0.2) is 22.7 Å². The van der Waals surface area contributed by atoms with Crippen LogP contribution in [0.3, 0.4) is 0 Å². The smallest absolute Gasteiger partial charge is 0.171 e. The molecule has 0 aliphatic carbocycles. The number of fused-ring (bicyclic) bond motifs is 1. The summed E-state index contributed by atoms with van der Waals surface area (Å²) in [5.41, 5.74) is 0.698. The molecule has 0 saturated heterocycles.